The minimum absolute atomic E-state index is 0.301. The van der Waals surface area contributed by atoms with E-state index in [-0.39, 0.29) is 5.91 Å². The molecule has 0 aliphatic carbocycles. The van der Waals surface area contributed by atoms with E-state index in [1.807, 2.05) is 51.1 Å². The number of benzene rings is 2. The first-order valence-corrected chi connectivity index (χ1v) is 11.2. The van der Waals surface area contributed by atoms with E-state index in [9.17, 15) is 4.79 Å². The van der Waals surface area contributed by atoms with E-state index in [0.29, 0.717) is 23.2 Å². The summed E-state index contributed by atoms with van der Waals surface area (Å²) in [5.74, 6) is 1.55. The summed E-state index contributed by atoms with van der Waals surface area (Å²) in [6.07, 6.45) is 4.74. The van der Waals surface area contributed by atoms with E-state index in [4.69, 9.17) is 25.5 Å². The summed E-state index contributed by atoms with van der Waals surface area (Å²) in [6, 6.07) is 13.1. The Bertz CT molecular complexity index is 1370. The van der Waals surface area contributed by atoms with Crippen molar-refractivity contribution in [3.05, 3.63) is 77.2 Å². The molecule has 34 heavy (non-hydrogen) atoms. The molecule has 4 aromatic rings. The number of carbonyl (C=O) groups is 1. The molecule has 0 bridgehead atoms. The van der Waals surface area contributed by atoms with Gasteiger partial charge in [0.2, 0.25) is 5.91 Å². The van der Waals surface area contributed by atoms with Gasteiger partial charge in [-0.15, -0.1) is 0 Å². The molecule has 0 aliphatic rings. The van der Waals surface area contributed by atoms with Crippen LogP contribution in [0, 0.1) is 6.92 Å². The highest BCUT2D eigenvalue weighted by atomic mass is 35.5. The summed E-state index contributed by atoms with van der Waals surface area (Å²) in [4.78, 5) is 16.8. The Hall–Kier alpha value is -3.77. The SMILES string of the molecule is CCOc1c(/C(C)=C/C(=O)Nc2ccc(Cl)cn2)cc2c(-c3ccccc3OC)coc2c1C. The summed E-state index contributed by atoms with van der Waals surface area (Å²) in [6.45, 7) is 6.24. The van der Waals surface area contributed by atoms with E-state index < -0.39 is 0 Å². The average molecular weight is 477 g/mol. The Morgan fingerprint density at radius 3 is 2.71 bits per heavy atom. The van der Waals surface area contributed by atoms with E-state index in [0.717, 1.165) is 44.5 Å². The van der Waals surface area contributed by atoms with Crippen LogP contribution < -0.4 is 14.8 Å². The Balaban J connectivity index is 1.80. The number of carbonyl (C=O) groups excluding carboxylic acids is 1. The van der Waals surface area contributed by atoms with Crippen LogP contribution in [0.15, 0.2) is 65.4 Å². The molecule has 0 atom stereocenters. The third-order valence-corrected chi connectivity index (χ3v) is 5.70. The number of aryl methyl sites for hydroxylation is 1. The Morgan fingerprint density at radius 2 is 2.00 bits per heavy atom. The minimum Gasteiger partial charge on any atom is -0.496 e. The Labute approximate surface area is 203 Å². The molecule has 0 spiro atoms. The van der Waals surface area contributed by atoms with Crippen LogP contribution in [-0.2, 0) is 4.79 Å². The second-order valence-electron chi connectivity index (χ2n) is 7.72. The van der Waals surface area contributed by atoms with E-state index in [1.165, 1.54) is 12.3 Å². The largest absolute Gasteiger partial charge is 0.496 e. The monoisotopic (exact) mass is 476 g/mol. The number of ether oxygens (including phenoxy) is 2. The summed E-state index contributed by atoms with van der Waals surface area (Å²) >= 11 is 5.87. The molecule has 6 nitrogen and oxygen atoms in total. The van der Waals surface area contributed by atoms with Gasteiger partial charge in [0, 0.05) is 39.9 Å². The van der Waals surface area contributed by atoms with Crippen LogP contribution in [0.25, 0.3) is 27.7 Å². The molecular weight excluding hydrogens is 452 g/mol. The van der Waals surface area contributed by atoms with Gasteiger partial charge in [0.05, 0.1) is 25.0 Å². The highest BCUT2D eigenvalue weighted by molar-refractivity contribution is 6.30. The average Bonchev–Trinajstić information content (AvgIpc) is 3.26. The summed E-state index contributed by atoms with van der Waals surface area (Å²) in [5.41, 5.74) is 4.98. The number of rotatable bonds is 7. The highest BCUT2D eigenvalue weighted by Gasteiger charge is 2.20. The van der Waals surface area contributed by atoms with Crippen molar-refractivity contribution in [1.82, 2.24) is 4.98 Å². The van der Waals surface area contributed by atoms with Crippen molar-refractivity contribution in [1.29, 1.82) is 0 Å². The second kappa shape index (κ2) is 10.0. The molecule has 2 aromatic heterocycles. The topological polar surface area (TPSA) is 73.6 Å². The number of para-hydroxylation sites is 1. The predicted octanol–water partition coefficient (Wildman–Crippen LogP) is 6.91. The van der Waals surface area contributed by atoms with Crippen molar-refractivity contribution in [2.24, 2.45) is 0 Å². The van der Waals surface area contributed by atoms with Gasteiger partial charge in [-0.3, -0.25) is 4.79 Å². The van der Waals surface area contributed by atoms with Gasteiger partial charge >= 0.3 is 0 Å². The number of fused-ring (bicyclic) bond motifs is 1. The van der Waals surface area contributed by atoms with Crippen molar-refractivity contribution < 1.29 is 18.7 Å². The third kappa shape index (κ3) is 4.63. The number of halogens is 1. The molecule has 4 rings (SSSR count). The molecule has 0 saturated heterocycles. The number of pyridine rings is 1. The fraction of sp³-hybridized carbons (Fsp3) is 0.185. The zero-order valence-corrected chi connectivity index (χ0v) is 20.2. The van der Waals surface area contributed by atoms with E-state index in [1.54, 1.807) is 25.5 Å². The van der Waals surface area contributed by atoms with Crippen LogP contribution in [0.4, 0.5) is 5.82 Å². The molecule has 0 saturated carbocycles. The second-order valence-corrected chi connectivity index (χ2v) is 8.15. The van der Waals surface area contributed by atoms with Gasteiger partial charge in [0.25, 0.3) is 0 Å². The number of allylic oxidation sites excluding steroid dienone is 1. The number of aromatic nitrogens is 1. The van der Waals surface area contributed by atoms with Crippen LogP contribution in [-0.4, -0.2) is 24.6 Å². The molecule has 0 unspecified atom stereocenters. The maximum Gasteiger partial charge on any atom is 0.249 e. The number of hydrogen-bond donors (Lipinski definition) is 1. The number of furan rings is 1. The van der Waals surface area contributed by atoms with Crippen LogP contribution >= 0.6 is 11.6 Å². The summed E-state index contributed by atoms with van der Waals surface area (Å²) in [7, 11) is 1.64. The highest BCUT2D eigenvalue weighted by Crippen LogP contribution is 2.42. The van der Waals surface area contributed by atoms with Crippen LogP contribution in [0.3, 0.4) is 0 Å². The number of hydrogen-bond acceptors (Lipinski definition) is 5. The quantitative estimate of drug-likeness (QED) is 0.293. The lowest BCUT2D eigenvalue weighted by Gasteiger charge is -2.15. The standard InChI is InChI=1S/C27H25ClN2O4/c1-5-33-26-17(3)27-21(22(15-34-27)19-8-6-7-9-23(19)32-4)13-20(26)16(2)12-25(31)30-24-11-10-18(28)14-29-24/h6-15H,5H2,1-4H3,(H,29,30,31)/b16-12+. The lowest BCUT2D eigenvalue weighted by atomic mass is 9.96. The zero-order valence-electron chi connectivity index (χ0n) is 19.4. The number of nitrogens with zero attached hydrogens (tertiary/aromatic N) is 1. The normalized spacial score (nSPS) is 11.5. The summed E-state index contributed by atoms with van der Waals surface area (Å²) in [5, 5.41) is 4.17. The Kier molecular flexibility index (Phi) is 6.89. The van der Waals surface area contributed by atoms with Crippen molar-refractivity contribution >= 4 is 39.9 Å². The molecule has 0 fully saturated rings. The van der Waals surface area contributed by atoms with Crippen molar-refractivity contribution in [2.45, 2.75) is 20.8 Å². The molecule has 0 radical (unpaired) electrons. The molecule has 1 N–H and O–H groups in total. The smallest absolute Gasteiger partial charge is 0.249 e. The van der Waals surface area contributed by atoms with Gasteiger partial charge in [-0.1, -0.05) is 29.8 Å². The molecule has 7 heteroatoms. The van der Waals surface area contributed by atoms with Crippen LogP contribution in [0.5, 0.6) is 11.5 Å². The van der Waals surface area contributed by atoms with Crippen LogP contribution in [0.2, 0.25) is 5.02 Å². The Morgan fingerprint density at radius 1 is 1.21 bits per heavy atom. The van der Waals surface area contributed by atoms with Gasteiger partial charge in [-0.25, -0.2) is 4.98 Å². The fourth-order valence-electron chi connectivity index (χ4n) is 3.90. The molecule has 0 aliphatic heterocycles. The molecule has 1 amide bonds. The van der Waals surface area contributed by atoms with Gasteiger partial charge in [0.15, 0.2) is 0 Å². The van der Waals surface area contributed by atoms with Gasteiger partial charge in [0.1, 0.15) is 22.9 Å². The number of methoxy groups -OCH3 is 1. The maximum absolute atomic E-state index is 12.7. The van der Waals surface area contributed by atoms with Gasteiger partial charge in [-0.2, -0.15) is 0 Å². The first-order chi connectivity index (χ1) is 16.4. The predicted molar refractivity (Wildman–Crippen MR) is 136 cm³/mol. The van der Waals surface area contributed by atoms with Crippen molar-refractivity contribution in [3.8, 4) is 22.6 Å². The number of anilines is 1. The van der Waals surface area contributed by atoms with E-state index >= 15 is 0 Å². The lowest BCUT2D eigenvalue weighted by Crippen LogP contribution is -2.10. The number of nitrogens with one attached hydrogen (secondary N) is 1. The lowest BCUT2D eigenvalue weighted by molar-refractivity contribution is -0.111. The molecule has 2 aromatic carbocycles. The van der Waals surface area contributed by atoms with Crippen LogP contribution in [0.1, 0.15) is 25.0 Å². The molecule has 2 heterocycles. The van der Waals surface area contributed by atoms with E-state index in [2.05, 4.69) is 10.3 Å². The first-order valence-electron chi connectivity index (χ1n) is 10.8. The third-order valence-electron chi connectivity index (χ3n) is 5.48. The zero-order chi connectivity index (χ0) is 24.2. The minimum atomic E-state index is -0.301. The van der Waals surface area contributed by atoms with Gasteiger partial charge in [-0.05, 0) is 50.6 Å². The fourth-order valence-corrected chi connectivity index (χ4v) is 4.01. The first kappa shape index (κ1) is 23.4. The maximum atomic E-state index is 12.7. The van der Waals surface area contributed by atoms with Gasteiger partial charge < -0.3 is 19.2 Å². The van der Waals surface area contributed by atoms with Crippen molar-refractivity contribution in [2.75, 3.05) is 19.0 Å². The molecule has 174 valence electrons. The number of amides is 1. The van der Waals surface area contributed by atoms with Crippen molar-refractivity contribution in [3.63, 3.8) is 0 Å². The summed E-state index contributed by atoms with van der Waals surface area (Å²) < 4.78 is 17.5. The molecular formula is C27H25ClN2O4.